The summed E-state index contributed by atoms with van der Waals surface area (Å²) in [5.74, 6) is 0.185. The SMILES string of the molecule is CC(C)(C)[Si](C)(C)OC[C@H]1CCC(O)C(O)[C@@H]1CO[Si](C)(C)C(C)(C)C. The molecule has 0 aromatic rings. The van der Waals surface area contributed by atoms with E-state index in [9.17, 15) is 10.2 Å². The summed E-state index contributed by atoms with van der Waals surface area (Å²) in [4.78, 5) is 0. The third-order valence-corrected chi connectivity index (χ3v) is 16.2. The summed E-state index contributed by atoms with van der Waals surface area (Å²) in [7, 11) is -3.71. The van der Waals surface area contributed by atoms with Crippen molar-refractivity contribution >= 4 is 16.6 Å². The molecule has 1 rings (SSSR count). The maximum absolute atomic E-state index is 10.6. The molecule has 6 heteroatoms. The topological polar surface area (TPSA) is 58.9 Å². The summed E-state index contributed by atoms with van der Waals surface area (Å²) in [6.45, 7) is 23.6. The van der Waals surface area contributed by atoms with Crippen LogP contribution in [0.1, 0.15) is 54.4 Å². The fourth-order valence-electron chi connectivity index (χ4n) is 2.83. The van der Waals surface area contributed by atoms with Crippen LogP contribution in [0.15, 0.2) is 0 Å². The highest BCUT2D eigenvalue weighted by molar-refractivity contribution is 6.74. The van der Waals surface area contributed by atoms with Gasteiger partial charge in [-0.3, -0.25) is 0 Å². The minimum atomic E-state index is -1.88. The predicted molar refractivity (Wildman–Crippen MR) is 115 cm³/mol. The maximum atomic E-state index is 10.6. The van der Waals surface area contributed by atoms with E-state index in [1.807, 2.05) is 0 Å². The Bertz CT molecular complexity index is 452. The summed E-state index contributed by atoms with van der Waals surface area (Å²) in [5.41, 5.74) is 0. The van der Waals surface area contributed by atoms with Crippen LogP contribution < -0.4 is 0 Å². The molecule has 156 valence electrons. The molecule has 0 aromatic heterocycles. The second-order valence-corrected chi connectivity index (χ2v) is 20.8. The Balaban J connectivity index is 2.83. The molecule has 0 aromatic carbocycles. The zero-order valence-corrected chi connectivity index (χ0v) is 20.8. The molecule has 4 nitrogen and oxygen atoms in total. The van der Waals surface area contributed by atoms with Crippen LogP contribution in [0.2, 0.25) is 36.3 Å². The Morgan fingerprint density at radius 2 is 1.19 bits per heavy atom. The zero-order chi connectivity index (χ0) is 20.6. The average molecular weight is 405 g/mol. The monoisotopic (exact) mass is 404 g/mol. The number of rotatable bonds is 6. The predicted octanol–water partition coefficient (Wildman–Crippen LogP) is 4.78. The molecule has 1 aliphatic carbocycles. The van der Waals surface area contributed by atoms with Crippen molar-refractivity contribution in [2.24, 2.45) is 11.8 Å². The Labute approximate surface area is 163 Å². The van der Waals surface area contributed by atoms with Crippen LogP contribution in [0.5, 0.6) is 0 Å². The molecule has 26 heavy (non-hydrogen) atoms. The molecule has 2 unspecified atom stereocenters. The van der Waals surface area contributed by atoms with Gasteiger partial charge in [0.15, 0.2) is 16.6 Å². The first kappa shape index (κ1) is 24.3. The number of aliphatic hydroxyl groups excluding tert-OH is 2. The lowest BCUT2D eigenvalue weighted by molar-refractivity contribution is -0.0879. The minimum absolute atomic E-state index is 0.0577. The van der Waals surface area contributed by atoms with Gasteiger partial charge in [-0.15, -0.1) is 0 Å². The molecule has 0 amide bonds. The number of hydrogen-bond donors (Lipinski definition) is 2. The normalized spacial score (nSPS) is 29.1. The van der Waals surface area contributed by atoms with Gasteiger partial charge >= 0.3 is 0 Å². The first-order chi connectivity index (χ1) is 11.5. The van der Waals surface area contributed by atoms with Gasteiger partial charge in [0.25, 0.3) is 0 Å². The maximum Gasteiger partial charge on any atom is 0.191 e. The van der Waals surface area contributed by atoms with Gasteiger partial charge in [-0.1, -0.05) is 41.5 Å². The van der Waals surface area contributed by atoms with Crippen molar-refractivity contribution in [3.8, 4) is 0 Å². The lowest BCUT2D eigenvalue weighted by atomic mass is 9.76. The second-order valence-electron chi connectivity index (χ2n) is 11.2. The highest BCUT2D eigenvalue weighted by Gasteiger charge is 2.44. The molecule has 1 aliphatic rings. The fourth-order valence-corrected chi connectivity index (χ4v) is 4.93. The first-order valence-electron chi connectivity index (χ1n) is 10.1. The standard InChI is InChI=1S/C20H44O4Si2/c1-19(2,3)25(7,8)23-13-15-11-12-17(21)18(22)16(15)14-24-26(9,10)20(4,5)6/h15-18,21-22H,11-14H2,1-10H3/t15-,16-,17?,18?/m1/s1. The third kappa shape index (κ3) is 5.88. The molecule has 0 saturated heterocycles. The van der Waals surface area contributed by atoms with E-state index in [-0.39, 0.29) is 21.9 Å². The van der Waals surface area contributed by atoms with Gasteiger partial charge in [-0.05, 0) is 55.0 Å². The Kier molecular flexibility index (Phi) is 7.79. The van der Waals surface area contributed by atoms with Crippen molar-refractivity contribution in [2.45, 2.75) is 103 Å². The van der Waals surface area contributed by atoms with Crippen molar-refractivity contribution < 1.29 is 19.1 Å². The van der Waals surface area contributed by atoms with Gasteiger partial charge in [0.1, 0.15) is 0 Å². The average Bonchev–Trinajstić information content (AvgIpc) is 2.45. The molecular formula is C20H44O4Si2. The fraction of sp³-hybridized carbons (Fsp3) is 1.00. The highest BCUT2D eigenvalue weighted by atomic mass is 28.4. The molecule has 4 atom stereocenters. The molecule has 2 N–H and O–H groups in total. The van der Waals surface area contributed by atoms with Crippen molar-refractivity contribution in [1.29, 1.82) is 0 Å². The first-order valence-corrected chi connectivity index (χ1v) is 16.0. The molecular weight excluding hydrogens is 360 g/mol. The second kappa shape index (κ2) is 8.33. The minimum Gasteiger partial charge on any atom is -0.417 e. The van der Waals surface area contributed by atoms with Crippen LogP contribution in [0, 0.1) is 11.8 Å². The van der Waals surface area contributed by atoms with Crippen LogP contribution in [0.25, 0.3) is 0 Å². The molecule has 1 saturated carbocycles. The zero-order valence-electron chi connectivity index (χ0n) is 18.8. The Morgan fingerprint density at radius 3 is 1.62 bits per heavy atom. The molecule has 0 aliphatic heterocycles. The lowest BCUT2D eigenvalue weighted by Crippen LogP contribution is -2.50. The Hall–Kier alpha value is 0.274. The largest absolute Gasteiger partial charge is 0.417 e. The molecule has 0 spiro atoms. The van der Waals surface area contributed by atoms with Crippen molar-refractivity contribution in [3.63, 3.8) is 0 Å². The van der Waals surface area contributed by atoms with E-state index in [2.05, 4.69) is 67.7 Å². The van der Waals surface area contributed by atoms with Crippen molar-refractivity contribution in [2.75, 3.05) is 13.2 Å². The molecule has 0 heterocycles. The van der Waals surface area contributed by atoms with E-state index in [1.165, 1.54) is 0 Å². The van der Waals surface area contributed by atoms with Gasteiger partial charge in [-0.25, -0.2) is 0 Å². The van der Waals surface area contributed by atoms with Crippen LogP contribution in [0.4, 0.5) is 0 Å². The summed E-state index contributed by atoms with van der Waals surface area (Å²) >= 11 is 0. The smallest absolute Gasteiger partial charge is 0.191 e. The van der Waals surface area contributed by atoms with Crippen LogP contribution in [-0.4, -0.2) is 52.3 Å². The van der Waals surface area contributed by atoms with E-state index in [0.717, 1.165) is 6.42 Å². The quantitative estimate of drug-likeness (QED) is 0.626. The van der Waals surface area contributed by atoms with Crippen molar-refractivity contribution in [3.05, 3.63) is 0 Å². The Morgan fingerprint density at radius 1 is 0.769 bits per heavy atom. The van der Waals surface area contributed by atoms with Gasteiger partial charge in [0, 0.05) is 19.1 Å². The highest BCUT2D eigenvalue weighted by Crippen LogP contribution is 2.40. The number of hydrogen-bond acceptors (Lipinski definition) is 4. The van der Waals surface area contributed by atoms with Gasteiger partial charge in [-0.2, -0.15) is 0 Å². The van der Waals surface area contributed by atoms with Gasteiger partial charge in [0.2, 0.25) is 0 Å². The lowest BCUT2D eigenvalue weighted by Gasteiger charge is -2.44. The van der Waals surface area contributed by atoms with E-state index < -0.39 is 28.8 Å². The summed E-state index contributed by atoms with van der Waals surface area (Å²) in [6.07, 6.45) is 0.162. The number of aliphatic hydroxyl groups is 2. The van der Waals surface area contributed by atoms with E-state index >= 15 is 0 Å². The van der Waals surface area contributed by atoms with Crippen LogP contribution >= 0.6 is 0 Å². The van der Waals surface area contributed by atoms with Crippen LogP contribution in [-0.2, 0) is 8.85 Å². The van der Waals surface area contributed by atoms with Gasteiger partial charge in [0.05, 0.1) is 12.2 Å². The van der Waals surface area contributed by atoms with Gasteiger partial charge < -0.3 is 19.1 Å². The third-order valence-electron chi connectivity index (χ3n) is 7.18. The molecule has 1 fully saturated rings. The van der Waals surface area contributed by atoms with E-state index in [1.54, 1.807) is 0 Å². The van der Waals surface area contributed by atoms with E-state index in [0.29, 0.717) is 19.6 Å². The van der Waals surface area contributed by atoms with Crippen molar-refractivity contribution in [1.82, 2.24) is 0 Å². The molecule has 0 radical (unpaired) electrons. The molecule has 0 bridgehead atoms. The summed E-state index contributed by atoms with van der Waals surface area (Å²) in [6, 6.07) is 0. The van der Waals surface area contributed by atoms with Crippen LogP contribution in [0.3, 0.4) is 0 Å². The summed E-state index contributed by atoms with van der Waals surface area (Å²) < 4.78 is 12.9. The van der Waals surface area contributed by atoms with E-state index in [4.69, 9.17) is 8.85 Å². The summed E-state index contributed by atoms with van der Waals surface area (Å²) in [5, 5.41) is 21.1.